The molecular formula is C8H10O5. The van der Waals surface area contributed by atoms with Crippen LogP contribution in [0.1, 0.15) is 19.3 Å². The molecule has 0 atom stereocenters. The van der Waals surface area contributed by atoms with E-state index in [1.165, 1.54) is 0 Å². The SMILES string of the molecule is C=CC(=O)OC(=O)CCCC(=O)O. The first-order chi connectivity index (χ1) is 6.06. The molecule has 72 valence electrons. The van der Waals surface area contributed by atoms with Crippen LogP contribution in [0.4, 0.5) is 0 Å². The molecule has 0 amide bonds. The lowest BCUT2D eigenvalue weighted by molar-refractivity contribution is -0.156. The van der Waals surface area contributed by atoms with E-state index < -0.39 is 17.9 Å². The van der Waals surface area contributed by atoms with Crippen LogP contribution < -0.4 is 0 Å². The van der Waals surface area contributed by atoms with Crippen LogP contribution in [0.3, 0.4) is 0 Å². The van der Waals surface area contributed by atoms with Gasteiger partial charge in [-0.25, -0.2) is 4.79 Å². The van der Waals surface area contributed by atoms with Gasteiger partial charge in [0.25, 0.3) is 0 Å². The summed E-state index contributed by atoms with van der Waals surface area (Å²) < 4.78 is 4.19. The number of rotatable bonds is 5. The average molecular weight is 186 g/mol. The average Bonchev–Trinajstić information content (AvgIpc) is 2.03. The van der Waals surface area contributed by atoms with E-state index in [4.69, 9.17) is 5.11 Å². The molecule has 0 spiro atoms. The number of carbonyl (C=O) groups excluding carboxylic acids is 2. The van der Waals surface area contributed by atoms with Crippen molar-refractivity contribution in [2.24, 2.45) is 0 Å². The normalized spacial score (nSPS) is 8.92. The lowest BCUT2D eigenvalue weighted by atomic mass is 10.2. The molecule has 5 nitrogen and oxygen atoms in total. The molecule has 0 radical (unpaired) electrons. The summed E-state index contributed by atoms with van der Waals surface area (Å²) in [6, 6.07) is 0. The Hall–Kier alpha value is -1.65. The van der Waals surface area contributed by atoms with E-state index in [0.717, 1.165) is 6.08 Å². The minimum absolute atomic E-state index is 0.0775. The summed E-state index contributed by atoms with van der Waals surface area (Å²) in [6.07, 6.45) is 0.844. The highest BCUT2D eigenvalue weighted by Crippen LogP contribution is 1.97. The Labute approximate surface area is 75.0 Å². The third-order valence-electron chi connectivity index (χ3n) is 1.15. The van der Waals surface area contributed by atoms with Crippen LogP contribution in [0.25, 0.3) is 0 Å². The summed E-state index contributed by atoms with van der Waals surface area (Å²) in [4.78, 5) is 31.2. The standard InChI is InChI=1S/C8H10O5/c1-2-7(11)13-8(12)5-3-4-6(9)10/h2H,1,3-5H2,(H,9,10). The number of carboxylic acids is 1. The number of esters is 2. The van der Waals surface area contributed by atoms with Gasteiger partial charge in [0.15, 0.2) is 0 Å². The maximum atomic E-state index is 10.7. The van der Waals surface area contributed by atoms with Crippen LogP contribution in [0.15, 0.2) is 12.7 Å². The molecule has 0 heterocycles. The van der Waals surface area contributed by atoms with E-state index >= 15 is 0 Å². The van der Waals surface area contributed by atoms with Crippen LogP contribution in [0.2, 0.25) is 0 Å². The number of aliphatic carboxylic acids is 1. The smallest absolute Gasteiger partial charge is 0.337 e. The molecule has 0 saturated carbocycles. The van der Waals surface area contributed by atoms with Gasteiger partial charge in [-0.1, -0.05) is 6.58 Å². The number of carboxylic acid groups (broad SMARTS) is 1. The molecule has 0 aliphatic carbocycles. The van der Waals surface area contributed by atoms with E-state index in [-0.39, 0.29) is 19.3 Å². The van der Waals surface area contributed by atoms with Crippen molar-refractivity contribution < 1.29 is 24.2 Å². The van der Waals surface area contributed by atoms with Gasteiger partial charge in [-0.3, -0.25) is 9.59 Å². The third-order valence-corrected chi connectivity index (χ3v) is 1.15. The topological polar surface area (TPSA) is 80.7 Å². The van der Waals surface area contributed by atoms with Gasteiger partial charge < -0.3 is 9.84 Å². The molecule has 0 unspecified atom stereocenters. The van der Waals surface area contributed by atoms with E-state index in [1.807, 2.05) is 0 Å². The first-order valence-corrected chi connectivity index (χ1v) is 3.65. The van der Waals surface area contributed by atoms with Gasteiger partial charge in [-0.05, 0) is 6.42 Å². The van der Waals surface area contributed by atoms with Gasteiger partial charge in [0, 0.05) is 18.9 Å². The molecule has 0 fully saturated rings. The Bertz CT molecular complexity index is 231. The summed E-state index contributed by atoms with van der Waals surface area (Å²) in [7, 11) is 0. The molecule has 0 saturated heterocycles. The Morgan fingerprint density at radius 1 is 1.31 bits per heavy atom. The van der Waals surface area contributed by atoms with Crippen LogP contribution in [-0.2, 0) is 19.1 Å². The fraction of sp³-hybridized carbons (Fsp3) is 0.375. The Balaban J connectivity index is 3.57. The van der Waals surface area contributed by atoms with Gasteiger partial charge in [0.05, 0.1) is 0 Å². The Morgan fingerprint density at radius 3 is 2.38 bits per heavy atom. The molecule has 1 N–H and O–H groups in total. The van der Waals surface area contributed by atoms with E-state index in [9.17, 15) is 14.4 Å². The maximum absolute atomic E-state index is 10.7. The highest BCUT2D eigenvalue weighted by molar-refractivity contribution is 5.91. The zero-order chi connectivity index (χ0) is 10.3. The summed E-state index contributed by atoms with van der Waals surface area (Å²) >= 11 is 0. The minimum atomic E-state index is -0.983. The molecule has 0 aromatic rings. The quantitative estimate of drug-likeness (QED) is 0.384. The molecular weight excluding hydrogens is 176 g/mol. The van der Waals surface area contributed by atoms with Crippen molar-refractivity contribution in [3.05, 3.63) is 12.7 Å². The van der Waals surface area contributed by atoms with Crippen molar-refractivity contribution in [3.8, 4) is 0 Å². The van der Waals surface area contributed by atoms with Gasteiger partial charge in [0.2, 0.25) is 0 Å². The third kappa shape index (κ3) is 6.74. The van der Waals surface area contributed by atoms with Gasteiger partial charge in [-0.15, -0.1) is 0 Å². The van der Waals surface area contributed by atoms with Crippen LogP contribution in [0, 0.1) is 0 Å². The van der Waals surface area contributed by atoms with Crippen molar-refractivity contribution in [2.45, 2.75) is 19.3 Å². The van der Waals surface area contributed by atoms with Crippen molar-refractivity contribution in [3.63, 3.8) is 0 Å². The lowest BCUT2D eigenvalue weighted by Crippen LogP contribution is -2.10. The van der Waals surface area contributed by atoms with E-state index in [1.54, 1.807) is 0 Å². The van der Waals surface area contributed by atoms with Crippen LogP contribution >= 0.6 is 0 Å². The van der Waals surface area contributed by atoms with Crippen molar-refractivity contribution >= 4 is 17.9 Å². The van der Waals surface area contributed by atoms with Gasteiger partial charge in [0.1, 0.15) is 0 Å². The molecule has 0 aliphatic rings. The molecule has 0 aromatic carbocycles. The Kier molecular flexibility index (Phi) is 5.18. The zero-order valence-electron chi connectivity index (χ0n) is 6.99. The first-order valence-electron chi connectivity index (χ1n) is 3.65. The van der Waals surface area contributed by atoms with E-state index in [0.29, 0.717) is 0 Å². The molecule has 0 aromatic heterocycles. The van der Waals surface area contributed by atoms with Gasteiger partial charge in [-0.2, -0.15) is 0 Å². The molecule has 0 rings (SSSR count). The second-order valence-electron chi connectivity index (χ2n) is 2.24. The molecule has 13 heavy (non-hydrogen) atoms. The Morgan fingerprint density at radius 2 is 1.92 bits per heavy atom. The summed E-state index contributed by atoms with van der Waals surface area (Å²) in [5.41, 5.74) is 0. The van der Waals surface area contributed by atoms with Gasteiger partial charge >= 0.3 is 17.9 Å². The highest BCUT2D eigenvalue weighted by atomic mass is 16.6. The van der Waals surface area contributed by atoms with Crippen molar-refractivity contribution in [1.82, 2.24) is 0 Å². The predicted molar refractivity (Wildman–Crippen MR) is 42.8 cm³/mol. The summed E-state index contributed by atoms with van der Waals surface area (Å²) in [5, 5.41) is 8.22. The summed E-state index contributed by atoms with van der Waals surface area (Å²) in [5.74, 6) is -2.53. The van der Waals surface area contributed by atoms with Crippen LogP contribution in [-0.4, -0.2) is 23.0 Å². The first kappa shape index (κ1) is 11.4. The number of hydrogen-bond acceptors (Lipinski definition) is 4. The molecule has 0 bridgehead atoms. The molecule has 0 aliphatic heterocycles. The van der Waals surface area contributed by atoms with Crippen molar-refractivity contribution in [1.29, 1.82) is 0 Å². The second kappa shape index (κ2) is 5.93. The number of hydrogen-bond donors (Lipinski definition) is 1. The second-order valence-corrected chi connectivity index (χ2v) is 2.24. The predicted octanol–water partition coefficient (Wildman–Crippen LogP) is 0.497. The number of ether oxygens (including phenoxy) is 1. The fourth-order valence-corrected chi connectivity index (χ4v) is 0.589. The highest BCUT2D eigenvalue weighted by Gasteiger charge is 2.07. The lowest BCUT2D eigenvalue weighted by Gasteiger charge is -1.97. The van der Waals surface area contributed by atoms with Crippen LogP contribution in [0.5, 0.6) is 0 Å². The molecule has 5 heteroatoms. The van der Waals surface area contributed by atoms with Crippen molar-refractivity contribution in [2.75, 3.05) is 0 Å². The monoisotopic (exact) mass is 186 g/mol. The number of carbonyl (C=O) groups is 3. The largest absolute Gasteiger partial charge is 0.481 e. The fourth-order valence-electron chi connectivity index (χ4n) is 0.589. The maximum Gasteiger partial charge on any atom is 0.337 e. The van der Waals surface area contributed by atoms with E-state index in [2.05, 4.69) is 11.3 Å². The minimum Gasteiger partial charge on any atom is -0.481 e. The zero-order valence-corrected chi connectivity index (χ0v) is 6.99. The summed E-state index contributed by atoms with van der Waals surface area (Å²) in [6.45, 7) is 3.10.